The topological polar surface area (TPSA) is 23.6 Å². The van der Waals surface area contributed by atoms with Crippen molar-refractivity contribution in [3.8, 4) is 0 Å². The summed E-state index contributed by atoms with van der Waals surface area (Å²) >= 11 is 9.49. The molecule has 0 saturated carbocycles. The molecule has 116 valence electrons. The van der Waals surface area contributed by atoms with Gasteiger partial charge < -0.3 is 4.90 Å². The molecule has 0 N–H and O–H groups in total. The second-order valence-electron chi connectivity index (χ2n) is 5.58. The third-order valence-corrected chi connectivity index (χ3v) is 4.95. The Kier molecular flexibility index (Phi) is 6.23. The van der Waals surface area contributed by atoms with Crippen molar-refractivity contribution in [2.75, 3.05) is 32.7 Å². The zero-order valence-electron chi connectivity index (χ0n) is 12.6. The standard InChI is InChI=1S/C16H22BrClN2O/c1-3-20-9-8-19(11-12(20)2)7-6-16(21)14-5-4-13(17)10-15(14)18/h4-5,10,12H,3,6-9,11H2,1-2H3. The van der Waals surface area contributed by atoms with Crippen molar-refractivity contribution in [2.24, 2.45) is 0 Å². The van der Waals surface area contributed by atoms with Crippen LogP contribution in [0.15, 0.2) is 22.7 Å². The summed E-state index contributed by atoms with van der Waals surface area (Å²) < 4.78 is 0.897. The Morgan fingerprint density at radius 3 is 2.81 bits per heavy atom. The van der Waals surface area contributed by atoms with Crippen LogP contribution in [0.4, 0.5) is 0 Å². The molecule has 3 nitrogen and oxygen atoms in total. The number of carbonyl (C=O) groups is 1. The molecule has 0 spiro atoms. The quantitative estimate of drug-likeness (QED) is 0.735. The van der Waals surface area contributed by atoms with Gasteiger partial charge in [-0.15, -0.1) is 0 Å². The SMILES string of the molecule is CCN1CCN(CCC(=O)c2ccc(Br)cc2Cl)CC1C. The number of nitrogens with zero attached hydrogens (tertiary/aromatic N) is 2. The van der Waals surface area contributed by atoms with Gasteiger partial charge in [0.15, 0.2) is 5.78 Å². The molecule has 1 aromatic rings. The van der Waals surface area contributed by atoms with E-state index >= 15 is 0 Å². The van der Waals surface area contributed by atoms with E-state index in [1.807, 2.05) is 6.07 Å². The Morgan fingerprint density at radius 1 is 1.43 bits per heavy atom. The predicted molar refractivity (Wildman–Crippen MR) is 91.2 cm³/mol. The summed E-state index contributed by atoms with van der Waals surface area (Å²) in [5.41, 5.74) is 0.625. The van der Waals surface area contributed by atoms with E-state index in [0.717, 1.165) is 37.2 Å². The largest absolute Gasteiger partial charge is 0.300 e. The maximum absolute atomic E-state index is 12.3. The minimum absolute atomic E-state index is 0.123. The van der Waals surface area contributed by atoms with Crippen LogP contribution in [0.3, 0.4) is 0 Å². The molecular formula is C16H22BrClN2O. The number of piperazine rings is 1. The van der Waals surface area contributed by atoms with Crippen molar-refractivity contribution >= 4 is 33.3 Å². The molecule has 0 radical (unpaired) electrons. The van der Waals surface area contributed by atoms with Crippen LogP contribution in [-0.4, -0.2) is 54.3 Å². The number of Topliss-reactive ketones (excluding diaryl/α,β-unsaturated/α-hetero) is 1. The molecule has 0 amide bonds. The van der Waals surface area contributed by atoms with Gasteiger partial charge in [-0.05, 0) is 31.7 Å². The number of benzene rings is 1. The number of ketones is 1. The third-order valence-electron chi connectivity index (χ3n) is 4.14. The fraction of sp³-hybridized carbons (Fsp3) is 0.562. The first-order valence-corrected chi connectivity index (χ1v) is 8.63. The normalized spacial score (nSPS) is 20.7. The smallest absolute Gasteiger partial charge is 0.165 e. The van der Waals surface area contributed by atoms with Crippen LogP contribution in [0.5, 0.6) is 0 Å². The van der Waals surface area contributed by atoms with Gasteiger partial charge in [0, 0.05) is 48.7 Å². The van der Waals surface area contributed by atoms with Gasteiger partial charge in [0.1, 0.15) is 0 Å². The average molecular weight is 374 g/mol. The Balaban J connectivity index is 1.87. The Labute approximate surface area is 140 Å². The van der Waals surface area contributed by atoms with Crippen molar-refractivity contribution < 1.29 is 4.79 Å². The van der Waals surface area contributed by atoms with Gasteiger partial charge in [0.05, 0.1) is 5.02 Å². The molecule has 1 saturated heterocycles. The lowest BCUT2D eigenvalue weighted by molar-refractivity contribution is 0.0796. The molecule has 1 aliphatic rings. The van der Waals surface area contributed by atoms with Crippen LogP contribution >= 0.6 is 27.5 Å². The lowest BCUT2D eigenvalue weighted by Crippen LogP contribution is -2.51. The fourth-order valence-electron chi connectivity index (χ4n) is 2.85. The number of carbonyl (C=O) groups excluding carboxylic acids is 1. The molecule has 1 unspecified atom stereocenters. The highest BCUT2D eigenvalue weighted by Gasteiger charge is 2.22. The molecule has 1 heterocycles. The first-order valence-electron chi connectivity index (χ1n) is 7.46. The predicted octanol–water partition coefficient (Wildman–Crippen LogP) is 3.70. The van der Waals surface area contributed by atoms with Gasteiger partial charge >= 0.3 is 0 Å². The van der Waals surface area contributed by atoms with Crippen LogP contribution in [0, 0.1) is 0 Å². The van der Waals surface area contributed by atoms with Gasteiger partial charge in [-0.1, -0.05) is 34.5 Å². The summed E-state index contributed by atoms with van der Waals surface area (Å²) in [5.74, 6) is 0.123. The monoisotopic (exact) mass is 372 g/mol. The minimum Gasteiger partial charge on any atom is -0.300 e. The van der Waals surface area contributed by atoms with E-state index in [1.165, 1.54) is 0 Å². The average Bonchev–Trinajstić information content (AvgIpc) is 2.45. The van der Waals surface area contributed by atoms with Gasteiger partial charge in [-0.25, -0.2) is 0 Å². The Morgan fingerprint density at radius 2 is 2.19 bits per heavy atom. The molecule has 0 aliphatic carbocycles. The molecule has 1 fully saturated rings. The highest BCUT2D eigenvalue weighted by molar-refractivity contribution is 9.10. The summed E-state index contributed by atoms with van der Waals surface area (Å²) in [4.78, 5) is 17.1. The molecule has 1 aliphatic heterocycles. The zero-order chi connectivity index (χ0) is 15.4. The van der Waals surface area contributed by atoms with Crippen LogP contribution in [0.2, 0.25) is 5.02 Å². The fourth-order valence-corrected chi connectivity index (χ4v) is 3.63. The maximum Gasteiger partial charge on any atom is 0.165 e. The van der Waals surface area contributed by atoms with Crippen LogP contribution < -0.4 is 0 Å². The second kappa shape index (κ2) is 7.73. The van der Waals surface area contributed by atoms with Crippen LogP contribution in [-0.2, 0) is 0 Å². The number of likely N-dealkylation sites (N-methyl/N-ethyl adjacent to an activating group) is 1. The molecular weight excluding hydrogens is 352 g/mol. The van der Waals surface area contributed by atoms with Crippen molar-refractivity contribution in [2.45, 2.75) is 26.3 Å². The summed E-state index contributed by atoms with van der Waals surface area (Å²) in [7, 11) is 0. The van der Waals surface area contributed by atoms with Crippen molar-refractivity contribution in [1.82, 2.24) is 9.80 Å². The zero-order valence-corrected chi connectivity index (χ0v) is 15.0. The lowest BCUT2D eigenvalue weighted by Gasteiger charge is -2.39. The van der Waals surface area contributed by atoms with Crippen LogP contribution in [0.25, 0.3) is 0 Å². The first-order chi connectivity index (χ1) is 10.0. The van der Waals surface area contributed by atoms with E-state index in [2.05, 4.69) is 39.6 Å². The molecule has 0 bridgehead atoms. The van der Waals surface area contributed by atoms with E-state index in [-0.39, 0.29) is 5.78 Å². The van der Waals surface area contributed by atoms with E-state index in [9.17, 15) is 4.79 Å². The van der Waals surface area contributed by atoms with Gasteiger partial charge in [-0.2, -0.15) is 0 Å². The molecule has 21 heavy (non-hydrogen) atoms. The Bertz CT molecular complexity index is 509. The number of hydrogen-bond donors (Lipinski definition) is 0. The number of hydrogen-bond acceptors (Lipinski definition) is 3. The van der Waals surface area contributed by atoms with Gasteiger partial charge in [0.25, 0.3) is 0 Å². The minimum atomic E-state index is 0.123. The van der Waals surface area contributed by atoms with Gasteiger partial charge in [0.2, 0.25) is 0 Å². The van der Waals surface area contributed by atoms with Crippen molar-refractivity contribution in [3.63, 3.8) is 0 Å². The van der Waals surface area contributed by atoms with E-state index < -0.39 is 0 Å². The summed E-state index contributed by atoms with van der Waals surface area (Å²) in [5, 5.41) is 0.526. The Hall–Kier alpha value is -0.420. The second-order valence-corrected chi connectivity index (χ2v) is 6.90. The number of halogens is 2. The summed E-state index contributed by atoms with van der Waals surface area (Å²) in [6.45, 7) is 9.53. The van der Waals surface area contributed by atoms with E-state index in [1.54, 1.807) is 12.1 Å². The van der Waals surface area contributed by atoms with Gasteiger partial charge in [-0.3, -0.25) is 9.69 Å². The van der Waals surface area contributed by atoms with Crippen molar-refractivity contribution in [3.05, 3.63) is 33.3 Å². The highest BCUT2D eigenvalue weighted by Crippen LogP contribution is 2.22. The highest BCUT2D eigenvalue weighted by atomic mass is 79.9. The number of rotatable bonds is 5. The summed E-state index contributed by atoms with van der Waals surface area (Å²) in [6, 6.07) is 6.00. The van der Waals surface area contributed by atoms with E-state index in [0.29, 0.717) is 23.0 Å². The molecule has 2 rings (SSSR count). The third kappa shape index (κ3) is 4.52. The lowest BCUT2D eigenvalue weighted by atomic mass is 10.1. The molecule has 1 atom stereocenters. The maximum atomic E-state index is 12.3. The molecule has 5 heteroatoms. The first kappa shape index (κ1) is 16.9. The van der Waals surface area contributed by atoms with Crippen molar-refractivity contribution in [1.29, 1.82) is 0 Å². The van der Waals surface area contributed by atoms with E-state index in [4.69, 9.17) is 11.6 Å². The van der Waals surface area contributed by atoms with Crippen LogP contribution in [0.1, 0.15) is 30.6 Å². The molecule has 1 aromatic carbocycles. The molecule has 0 aromatic heterocycles. The summed E-state index contributed by atoms with van der Waals surface area (Å²) in [6.07, 6.45) is 0.528.